The number of nitrogens with zero attached hydrogens (tertiary/aromatic N) is 5. The standard InChI is InChI=1S/C27H29F3N6O9S/c1-4-41-26(38)42-18(3)44-36-35(45-36)33-14-13-21(16-33)43-25(37)32-46(39,40)22-11-9-20(10-12-22)34-23(15-24(31-34)27(28,29)30)19-7-5-17(2)6-8-19/h5-12,15,18,21H,4,13-14,16H2,1-3H3,(H,32,37). The number of aromatic nitrogens is 4. The molecule has 4 aromatic rings. The molecule has 2 aromatic carbocycles. The Morgan fingerprint density at radius 1 is 1.13 bits per heavy atom. The van der Waals surface area contributed by atoms with Gasteiger partial charge in [-0.25, -0.2) is 27.4 Å². The molecule has 1 saturated heterocycles. The molecule has 2 atom stereocenters. The summed E-state index contributed by atoms with van der Waals surface area (Å²) < 4.78 is 89.0. The molecule has 2 unspecified atom stereocenters. The molecule has 19 heteroatoms. The van der Waals surface area contributed by atoms with Crippen molar-refractivity contribution in [2.45, 2.75) is 50.7 Å². The van der Waals surface area contributed by atoms with E-state index >= 15 is 0 Å². The summed E-state index contributed by atoms with van der Waals surface area (Å²) in [5.41, 5.74) is 0.589. The van der Waals surface area contributed by atoms with Crippen molar-refractivity contribution in [3.8, 4) is 16.9 Å². The zero-order valence-corrected chi connectivity index (χ0v) is 25.4. The molecular weight excluding hydrogens is 641 g/mol. The number of ether oxygens (including phenoxy) is 3. The Morgan fingerprint density at radius 2 is 1.83 bits per heavy atom. The predicted octanol–water partition coefficient (Wildman–Crippen LogP) is 3.84. The second-order valence-corrected chi connectivity index (χ2v) is 11.7. The molecule has 2 aromatic heterocycles. The summed E-state index contributed by atoms with van der Waals surface area (Å²) in [6.07, 6.45) is -8.26. The number of nitrogens with one attached hydrogen (secondary N) is 1. The number of rotatable bonds is 10. The van der Waals surface area contributed by atoms with Crippen LogP contribution in [0.15, 0.2) is 64.1 Å². The lowest BCUT2D eigenvalue weighted by Gasteiger charge is -2.14. The normalized spacial score (nSPS) is 15.9. The fraction of sp³-hybridized carbons (Fsp3) is 0.370. The number of halogens is 3. The molecule has 1 aliphatic heterocycles. The molecule has 0 spiro atoms. The summed E-state index contributed by atoms with van der Waals surface area (Å²) in [5.74, 6) is 0. The zero-order valence-electron chi connectivity index (χ0n) is 24.6. The van der Waals surface area contributed by atoms with Gasteiger partial charge in [0.15, 0.2) is 5.69 Å². The van der Waals surface area contributed by atoms with Crippen LogP contribution in [0.2, 0.25) is 0 Å². The fourth-order valence-corrected chi connectivity index (χ4v) is 5.30. The number of aryl methyl sites for hydroxylation is 1. The van der Waals surface area contributed by atoms with Crippen LogP contribution in [0.5, 0.6) is 0 Å². The highest BCUT2D eigenvalue weighted by Gasteiger charge is 2.36. The van der Waals surface area contributed by atoms with Gasteiger partial charge in [-0.1, -0.05) is 29.8 Å². The lowest BCUT2D eigenvalue weighted by Crippen LogP contribution is -2.37. The lowest BCUT2D eigenvalue weighted by molar-refractivity contribution is -0.141. The van der Waals surface area contributed by atoms with Crippen LogP contribution < -0.4 is 14.6 Å². The van der Waals surface area contributed by atoms with E-state index in [2.05, 4.69) is 9.84 Å². The largest absolute Gasteiger partial charge is 0.511 e. The average Bonchev–Trinajstić information content (AvgIpc) is 3.35. The maximum atomic E-state index is 13.5. The molecule has 5 rings (SSSR count). The Bertz CT molecular complexity index is 1780. The molecule has 1 aliphatic rings. The van der Waals surface area contributed by atoms with Gasteiger partial charge in [-0.05, 0) is 44.2 Å². The van der Waals surface area contributed by atoms with Crippen molar-refractivity contribution in [1.82, 2.24) is 24.5 Å². The van der Waals surface area contributed by atoms with E-state index in [-0.39, 0.29) is 29.4 Å². The number of sulfonamides is 1. The molecule has 1 N–H and O–H groups in total. The molecule has 0 aliphatic carbocycles. The second kappa shape index (κ2) is 12.7. The summed E-state index contributed by atoms with van der Waals surface area (Å²) in [6, 6.07) is 12.5. The Kier molecular flexibility index (Phi) is 8.95. The van der Waals surface area contributed by atoms with Gasteiger partial charge in [-0.2, -0.15) is 22.9 Å². The van der Waals surface area contributed by atoms with Crippen LogP contribution in [0.1, 0.15) is 31.5 Å². The third kappa shape index (κ3) is 7.59. The smallest absolute Gasteiger partial charge is 0.444 e. The van der Waals surface area contributed by atoms with E-state index in [0.29, 0.717) is 18.5 Å². The van der Waals surface area contributed by atoms with Crippen molar-refractivity contribution in [3.63, 3.8) is 0 Å². The van der Waals surface area contributed by atoms with Crippen molar-refractivity contribution < 1.29 is 54.9 Å². The highest BCUT2D eigenvalue weighted by Crippen LogP contribution is 2.33. The molecule has 1 fully saturated rings. The average molecular weight is 671 g/mol. The molecular formula is C27H29F3N6O9S. The zero-order chi connectivity index (χ0) is 33.2. The van der Waals surface area contributed by atoms with Crippen LogP contribution in [0.3, 0.4) is 0 Å². The number of amides is 1. The van der Waals surface area contributed by atoms with E-state index in [0.717, 1.165) is 33.5 Å². The minimum atomic E-state index is -4.70. The number of carbonyl (C=O) groups excluding carboxylic acids is 2. The van der Waals surface area contributed by atoms with Gasteiger partial charge in [0, 0.05) is 30.4 Å². The number of benzene rings is 2. The monoisotopic (exact) mass is 670 g/mol. The summed E-state index contributed by atoms with van der Waals surface area (Å²) >= 11 is 0. The van der Waals surface area contributed by atoms with E-state index in [9.17, 15) is 31.2 Å². The molecule has 15 nitrogen and oxygen atoms in total. The van der Waals surface area contributed by atoms with Gasteiger partial charge in [-0.3, -0.25) is 5.01 Å². The van der Waals surface area contributed by atoms with Gasteiger partial charge in [0.2, 0.25) is 0 Å². The van der Waals surface area contributed by atoms with E-state index in [1.165, 1.54) is 24.0 Å². The quantitative estimate of drug-likeness (QED) is 0.193. The van der Waals surface area contributed by atoms with Gasteiger partial charge < -0.3 is 19.0 Å². The van der Waals surface area contributed by atoms with Gasteiger partial charge in [0.05, 0.1) is 29.4 Å². The SMILES string of the molecule is CCOC(=O)OC(C)On1on1N1CCC(OC(=O)NS(=O)(=O)c2ccc(-n3nc(C(F)(F)F)cc3-c3ccc(C)cc3)cc2)C1. The highest BCUT2D eigenvalue weighted by atomic mass is 32.2. The van der Waals surface area contributed by atoms with E-state index < -0.39 is 46.5 Å². The molecule has 0 bridgehead atoms. The third-order valence-electron chi connectivity index (χ3n) is 6.62. The minimum absolute atomic E-state index is 0.127. The van der Waals surface area contributed by atoms with Crippen LogP contribution in [0, 0.1) is 6.92 Å². The summed E-state index contributed by atoms with van der Waals surface area (Å²) in [4.78, 5) is 29.9. The molecule has 3 heterocycles. The Balaban J connectivity index is 1.19. The van der Waals surface area contributed by atoms with Crippen molar-refractivity contribution in [1.29, 1.82) is 0 Å². The van der Waals surface area contributed by atoms with Crippen LogP contribution in [0.4, 0.5) is 22.8 Å². The van der Waals surface area contributed by atoms with Crippen LogP contribution in [-0.4, -0.2) is 72.5 Å². The first-order valence-electron chi connectivity index (χ1n) is 13.8. The van der Waals surface area contributed by atoms with Crippen molar-refractivity contribution in [2.75, 3.05) is 24.7 Å². The maximum Gasteiger partial charge on any atom is 0.511 e. The summed E-state index contributed by atoms with van der Waals surface area (Å²) in [7, 11) is -4.40. The van der Waals surface area contributed by atoms with Crippen molar-refractivity contribution in [3.05, 3.63) is 65.9 Å². The second-order valence-electron chi connectivity index (χ2n) is 10.1. The van der Waals surface area contributed by atoms with Gasteiger partial charge in [0.1, 0.15) is 11.1 Å². The Hall–Kier alpha value is -5.07. The first-order valence-corrected chi connectivity index (χ1v) is 15.3. The van der Waals surface area contributed by atoms with Crippen LogP contribution >= 0.6 is 0 Å². The molecule has 0 saturated carbocycles. The van der Waals surface area contributed by atoms with E-state index in [4.69, 9.17) is 18.9 Å². The first-order chi connectivity index (χ1) is 21.7. The lowest BCUT2D eigenvalue weighted by atomic mass is 10.1. The van der Waals surface area contributed by atoms with Crippen molar-refractivity contribution in [2.24, 2.45) is 0 Å². The predicted molar refractivity (Wildman–Crippen MR) is 151 cm³/mol. The van der Waals surface area contributed by atoms with E-state index in [1.54, 1.807) is 36.2 Å². The van der Waals surface area contributed by atoms with Gasteiger partial charge in [0.25, 0.3) is 16.3 Å². The number of hydrogen-bond acceptors (Lipinski definition) is 11. The van der Waals surface area contributed by atoms with Gasteiger partial charge >= 0.3 is 18.4 Å². The topological polar surface area (TPSA) is 161 Å². The van der Waals surface area contributed by atoms with E-state index in [1.807, 2.05) is 11.6 Å². The molecule has 0 radical (unpaired) electrons. The van der Waals surface area contributed by atoms with Crippen LogP contribution in [0.25, 0.3) is 16.9 Å². The molecule has 46 heavy (non-hydrogen) atoms. The third-order valence-corrected chi connectivity index (χ3v) is 7.94. The number of hydrogen-bond donors (Lipinski definition) is 1. The fourth-order valence-electron chi connectivity index (χ4n) is 4.42. The van der Waals surface area contributed by atoms with Crippen molar-refractivity contribution >= 4 is 22.3 Å². The minimum Gasteiger partial charge on any atom is -0.444 e. The maximum absolute atomic E-state index is 13.5. The van der Waals surface area contributed by atoms with Gasteiger partial charge in [-0.15, -0.1) is 0 Å². The van der Waals surface area contributed by atoms with Crippen LogP contribution in [-0.2, 0) is 30.4 Å². The Morgan fingerprint density at radius 3 is 2.48 bits per heavy atom. The first kappa shape index (κ1) is 32.3. The highest BCUT2D eigenvalue weighted by molar-refractivity contribution is 7.90. The number of carbonyl (C=O) groups is 2. The Labute approximate surface area is 259 Å². The molecule has 248 valence electrons. The molecule has 1 amide bonds. The summed E-state index contributed by atoms with van der Waals surface area (Å²) in [5, 5.41) is 6.23. The number of alkyl halides is 3. The summed E-state index contributed by atoms with van der Waals surface area (Å²) in [6.45, 7) is 5.51.